The molecular formula is C64H66O17S6. The smallest absolute Gasteiger partial charge is 0.210 e. The van der Waals surface area contributed by atoms with Gasteiger partial charge >= 0.3 is 0 Å². The van der Waals surface area contributed by atoms with Crippen molar-refractivity contribution in [2.75, 3.05) is 26.4 Å². The van der Waals surface area contributed by atoms with Gasteiger partial charge in [-0.05, 0) is 200 Å². The highest BCUT2D eigenvalue weighted by molar-refractivity contribution is 7.94. The van der Waals surface area contributed by atoms with Crippen LogP contribution in [-0.4, -0.2) is 87.1 Å². The molecule has 0 amide bonds. The summed E-state index contributed by atoms with van der Waals surface area (Å²) in [4.78, 5) is -5.03. The number of rotatable bonds is 20. The van der Waals surface area contributed by atoms with Crippen LogP contribution in [0.25, 0.3) is 0 Å². The summed E-state index contributed by atoms with van der Waals surface area (Å²) < 4.78 is 191. The van der Waals surface area contributed by atoms with Crippen LogP contribution in [0.3, 0.4) is 0 Å². The Morgan fingerprint density at radius 3 is 0.747 bits per heavy atom. The van der Waals surface area contributed by atoms with Crippen LogP contribution in [0.5, 0.6) is 23.0 Å². The summed E-state index contributed by atoms with van der Waals surface area (Å²) in [5.74, 6) is -1.93. The van der Waals surface area contributed by atoms with Gasteiger partial charge < -0.3 is 24.4 Å². The molecule has 2 N–H and O–H groups in total. The fraction of sp³-hybridized carbons (Fsp3) is 0.250. The Kier molecular flexibility index (Phi) is 18.3. The van der Waals surface area contributed by atoms with Crippen molar-refractivity contribution in [3.8, 4) is 23.0 Å². The molecule has 0 aliphatic rings. The zero-order valence-corrected chi connectivity index (χ0v) is 54.7. The van der Waals surface area contributed by atoms with Gasteiger partial charge in [-0.2, -0.15) is 0 Å². The molecule has 8 aromatic carbocycles. The number of aromatic hydroxyl groups is 2. The van der Waals surface area contributed by atoms with E-state index in [2.05, 4.69) is 0 Å². The standard InChI is InChI=1S/C64H66O17S6/c1-37-25-41(5)61(42(6)26-37)84(71,72)57-33-49(13-17-53(57)65)82(67,68)51-15-19-55(59(35-51)86(75,76)63-45(9)29-39(3)30-46(63)10)80-23-21-79-22-24-81-56-20-16-52(36-60(56)87(77,78)64-47(11)31-40(4)32-48(64)12)83(69,70)50-14-18-54(66)58(34-50)85(73,74)62-43(7)27-38(2)28-44(62)8/h13-20,25-36,65-66H,21-24H2,1-12H3. The van der Waals surface area contributed by atoms with Crippen molar-refractivity contribution in [2.24, 2.45) is 0 Å². The third kappa shape index (κ3) is 12.7. The molecule has 17 nitrogen and oxygen atoms in total. The average molecular weight is 1300 g/mol. The van der Waals surface area contributed by atoms with Crippen molar-refractivity contribution in [2.45, 2.75) is 142 Å². The molecular weight excluding hydrogens is 1230 g/mol. The highest BCUT2D eigenvalue weighted by atomic mass is 32.2. The first-order chi connectivity index (χ1) is 40.4. The zero-order valence-electron chi connectivity index (χ0n) is 49.8. The normalized spacial score (nSPS) is 12.6. The van der Waals surface area contributed by atoms with E-state index in [9.17, 15) is 60.7 Å². The highest BCUT2D eigenvalue weighted by Gasteiger charge is 2.35. The van der Waals surface area contributed by atoms with Gasteiger partial charge in [-0.1, -0.05) is 70.8 Å². The van der Waals surface area contributed by atoms with E-state index in [-0.39, 0.29) is 57.5 Å². The van der Waals surface area contributed by atoms with E-state index in [0.29, 0.717) is 44.5 Å². The highest BCUT2D eigenvalue weighted by Crippen LogP contribution is 2.42. The molecule has 0 radical (unpaired) electrons. The van der Waals surface area contributed by atoms with Crippen LogP contribution in [-0.2, 0) is 63.8 Å². The minimum absolute atomic E-state index is 0.105. The summed E-state index contributed by atoms with van der Waals surface area (Å²) in [6.45, 7) is 18.8. The van der Waals surface area contributed by atoms with Crippen molar-refractivity contribution in [1.29, 1.82) is 0 Å². The Labute approximate surface area is 509 Å². The van der Waals surface area contributed by atoms with Crippen molar-refractivity contribution < 1.29 is 74.9 Å². The van der Waals surface area contributed by atoms with Crippen molar-refractivity contribution in [3.05, 3.63) is 188 Å². The molecule has 23 heteroatoms. The van der Waals surface area contributed by atoms with Gasteiger partial charge in [0.1, 0.15) is 55.8 Å². The van der Waals surface area contributed by atoms with Crippen LogP contribution in [0.1, 0.15) is 66.8 Å². The molecule has 0 spiro atoms. The Balaban J connectivity index is 1.07. The van der Waals surface area contributed by atoms with E-state index in [1.807, 2.05) is 0 Å². The number of phenols is 2. The van der Waals surface area contributed by atoms with E-state index >= 15 is 0 Å². The predicted molar refractivity (Wildman–Crippen MR) is 326 cm³/mol. The van der Waals surface area contributed by atoms with Gasteiger partial charge in [0.15, 0.2) is 0 Å². The lowest BCUT2D eigenvalue weighted by Gasteiger charge is -2.18. The molecule has 87 heavy (non-hydrogen) atoms. The zero-order chi connectivity index (χ0) is 64.3. The van der Waals surface area contributed by atoms with Gasteiger partial charge in [0.25, 0.3) is 0 Å². The minimum Gasteiger partial charge on any atom is -0.507 e. The summed E-state index contributed by atoms with van der Waals surface area (Å²) in [5, 5.41) is 21.8. The van der Waals surface area contributed by atoms with E-state index in [0.717, 1.165) is 95.1 Å². The van der Waals surface area contributed by atoms with Crippen LogP contribution < -0.4 is 9.47 Å². The molecule has 0 saturated carbocycles. The van der Waals surface area contributed by atoms with Gasteiger partial charge in [0.2, 0.25) is 59.0 Å². The molecule has 0 heterocycles. The molecule has 0 aromatic heterocycles. The van der Waals surface area contributed by atoms with Gasteiger partial charge in [0, 0.05) is 0 Å². The number of benzene rings is 8. The number of phenolic OH excluding ortho intramolecular Hbond substituents is 2. The molecule has 460 valence electrons. The Bertz CT molecular complexity index is 4460. The summed E-state index contributed by atoms with van der Waals surface area (Å²) in [6, 6.07) is 25.1. The SMILES string of the molecule is Cc1cc(C)c(S(=O)(=O)c2cc(S(=O)(=O)c3ccc(OCCOCCOc4ccc(S(=O)(=O)c5ccc(O)c(S(=O)(=O)c6c(C)cc(C)cc6C)c5)cc4S(=O)(=O)c4c(C)cc(C)cc4C)c(S(=O)(=O)c4c(C)cc(C)cc4C)c3)ccc2O)c(C)c1. The molecule has 0 atom stereocenters. The van der Waals surface area contributed by atoms with Gasteiger partial charge in [-0.25, -0.2) is 50.5 Å². The summed E-state index contributed by atoms with van der Waals surface area (Å²) >= 11 is 0. The lowest BCUT2D eigenvalue weighted by Crippen LogP contribution is -2.16. The second kappa shape index (κ2) is 24.3. The van der Waals surface area contributed by atoms with E-state index in [1.54, 1.807) is 132 Å². The quantitative estimate of drug-likeness (QED) is 0.0671. The second-order valence-corrected chi connectivity index (χ2v) is 33.0. The lowest BCUT2D eigenvalue weighted by molar-refractivity contribution is 0.0750. The average Bonchev–Trinajstić information content (AvgIpc) is 1.000. The van der Waals surface area contributed by atoms with Crippen LogP contribution >= 0.6 is 0 Å². The first kappa shape index (κ1) is 65.6. The first-order valence-electron chi connectivity index (χ1n) is 27.0. The Morgan fingerprint density at radius 1 is 0.276 bits per heavy atom. The molecule has 0 bridgehead atoms. The van der Waals surface area contributed by atoms with Gasteiger partial charge in [0.05, 0.1) is 52.4 Å². The maximum atomic E-state index is 14.8. The summed E-state index contributed by atoms with van der Waals surface area (Å²) in [7, 11) is -27.6. The van der Waals surface area contributed by atoms with Crippen LogP contribution in [0, 0.1) is 83.1 Å². The van der Waals surface area contributed by atoms with Crippen LogP contribution in [0.2, 0.25) is 0 Å². The second-order valence-electron chi connectivity index (χ2n) is 21.7. The van der Waals surface area contributed by atoms with E-state index in [4.69, 9.17) is 14.2 Å². The molecule has 8 rings (SSSR count). The van der Waals surface area contributed by atoms with E-state index < -0.39 is 110 Å². The number of hydrogen-bond acceptors (Lipinski definition) is 17. The third-order valence-electron chi connectivity index (χ3n) is 14.6. The number of ether oxygens (including phenoxy) is 3. The molecule has 0 fully saturated rings. The summed E-state index contributed by atoms with van der Waals surface area (Å²) in [6.07, 6.45) is 0. The number of hydrogen-bond donors (Lipinski definition) is 2. The first-order valence-corrected chi connectivity index (χ1v) is 35.9. The monoisotopic (exact) mass is 1300 g/mol. The summed E-state index contributed by atoms with van der Waals surface area (Å²) in [5.41, 5.74) is 6.10. The predicted octanol–water partition coefficient (Wildman–Crippen LogP) is 11.3. The lowest BCUT2D eigenvalue weighted by atomic mass is 10.1. The molecule has 0 saturated heterocycles. The van der Waals surface area contributed by atoms with Crippen molar-refractivity contribution in [1.82, 2.24) is 0 Å². The molecule has 0 aliphatic carbocycles. The van der Waals surface area contributed by atoms with Gasteiger partial charge in [-0.3, -0.25) is 0 Å². The largest absolute Gasteiger partial charge is 0.507 e. The maximum Gasteiger partial charge on any atom is 0.210 e. The van der Waals surface area contributed by atoms with Crippen molar-refractivity contribution in [3.63, 3.8) is 0 Å². The molecule has 0 aliphatic heterocycles. The third-order valence-corrected chi connectivity index (χ3v) is 26.4. The van der Waals surface area contributed by atoms with Gasteiger partial charge in [-0.15, -0.1) is 0 Å². The maximum absolute atomic E-state index is 14.8. The topological polar surface area (TPSA) is 273 Å². The Hall–Kier alpha value is -7.38. The van der Waals surface area contributed by atoms with Crippen LogP contribution in [0.4, 0.5) is 0 Å². The molecule has 8 aromatic rings. The fourth-order valence-corrected chi connectivity index (χ4v) is 21.6. The number of sulfone groups is 6. The molecule has 0 unspecified atom stereocenters. The Morgan fingerprint density at radius 2 is 0.494 bits per heavy atom. The van der Waals surface area contributed by atoms with Crippen LogP contribution in [0.15, 0.2) is 180 Å². The van der Waals surface area contributed by atoms with E-state index in [1.165, 1.54) is 0 Å². The minimum atomic E-state index is -4.72. The number of aryl methyl sites for hydroxylation is 12. The van der Waals surface area contributed by atoms with Crippen molar-refractivity contribution >= 4 is 59.0 Å². The fourth-order valence-electron chi connectivity index (χ4n) is 11.3.